The van der Waals surface area contributed by atoms with Crippen LogP contribution in [0.5, 0.6) is 5.75 Å². The predicted octanol–water partition coefficient (Wildman–Crippen LogP) is 4.57. The maximum Gasteiger partial charge on any atom is 0.333 e. The Balaban J connectivity index is 2.49. The van der Waals surface area contributed by atoms with E-state index in [-0.39, 0.29) is 29.7 Å². The van der Waals surface area contributed by atoms with Crippen LogP contribution in [0.3, 0.4) is 0 Å². The zero-order valence-corrected chi connectivity index (χ0v) is 20.8. The third kappa shape index (κ3) is 7.35. The molecule has 0 aliphatic carbocycles. The van der Waals surface area contributed by atoms with E-state index in [1.54, 1.807) is 31.2 Å². The highest BCUT2D eigenvalue weighted by atomic mass is 35.5. The number of rotatable bonds is 12. The topological polar surface area (TPSA) is 124 Å². The summed E-state index contributed by atoms with van der Waals surface area (Å²) in [6, 6.07) is 9.45. The maximum absolute atomic E-state index is 12.9. The monoisotopic (exact) mass is 499 g/mol. The minimum atomic E-state index is -0.961. The number of carbonyl (C=O) groups excluding carboxylic acids is 2. The van der Waals surface area contributed by atoms with Gasteiger partial charge >= 0.3 is 11.9 Å². The number of hydrogen-bond donors (Lipinski definition) is 3. The molecule has 0 heterocycles. The number of carbonyl (C=O) groups is 2. The highest BCUT2D eigenvalue weighted by Gasteiger charge is 2.28. The van der Waals surface area contributed by atoms with Gasteiger partial charge < -0.3 is 25.3 Å². The van der Waals surface area contributed by atoms with E-state index >= 15 is 0 Å². The number of nitrogens with one attached hydrogen (secondary N) is 2. The highest BCUT2D eigenvalue weighted by Crippen LogP contribution is 2.38. The van der Waals surface area contributed by atoms with Crippen LogP contribution in [0.15, 0.2) is 55.1 Å². The van der Waals surface area contributed by atoms with Crippen LogP contribution >= 0.6 is 11.6 Å². The van der Waals surface area contributed by atoms with Gasteiger partial charge in [0.1, 0.15) is 24.8 Å². The summed E-state index contributed by atoms with van der Waals surface area (Å²) in [6.07, 6.45) is 0.669. The summed E-state index contributed by atoms with van der Waals surface area (Å²) in [7, 11) is 1.29. The van der Waals surface area contributed by atoms with Crippen LogP contribution in [-0.4, -0.2) is 38.1 Å². The number of aryl methyl sites for hydroxylation is 1. The second kappa shape index (κ2) is 12.6. The largest absolute Gasteiger partial charge is 0.489 e. The molecule has 2 aromatic rings. The molecule has 0 aliphatic rings. The summed E-state index contributed by atoms with van der Waals surface area (Å²) >= 11 is 6.30. The zero-order chi connectivity index (χ0) is 26.1. The SMILES string of the molecule is C=C(C)C(=O)OCCOc1c(C(=C)Cl)cc(CC)cc1C(Nc1ccc(C(=N)N)cc1)C(=O)OC. The van der Waals surface area contributed by atoms with Gasteiger partial charge in [-0.1, -0.05) is 31.7 Å². The van der Waals surface area contributed by atoms with Crippen LogP contribution in [0, 0.1) is 5.41 Å². The molecule has 0 radical (unpaired) electrons. The van der Waals surface area contributed by atoms with Crippen LogP contribution in [0.4, 0.5) is 5.69 Å². The van der Waals surface area contributed by atoms with E-state index in [1.165, 1.54) is 7.11 Å². The minimum absolute atomic E-state index is 0.00978. The van der Waals surface area contributed by atoms with E-state index < -0.39 is 18.0 Å². The summed E-state index contributed by atoms with van der Waals surface area (Å²) < 4.78 is 16.2. The van der Waals surface area contributed by atoms with E-state index in [0.717, 1.165) is 5.56 Å². The average molecular weight is 500 g/mol. The van der Waals surface area contributed by atoms with Gasteiger partial charge in [-0.15, -0.1) is 0 Å². The molecule has 0 fully saturated rings. The van der Waals surface area contributed by atoms with Gasteiger partial charge in [0.15, 0.2) is 6.04 Å². The smallest absolute Gasteiger partial charge is 0.333 e. The van der Waals surface area contributed by atoms with Crippen LogP contribution in [0.1, 0.15) is 42.1 Å². The third-order valence-corrected chi connectivity index (χ3v) is 5.25. The van der Waals surface area contributed by atoms with Gasteiger partial charge in [-0.05, 0) is 55.3 Å². The molecule has 4 N–H and O–H groups in total. The highest BCUT2D eigenvalue weighted by molar-refractivity contribution is 6.48. The van der Waals surface area contributed by atoms with Gasteiger partial charge in [-0.25, -0.2) is 9.59 Å². The standard InChI is InChI=1S/C26H30ClN3O5/c1-6-17-13-20(16(4)27)23(34-11-12-35-25(31)15(2)3)21(14-17)22(26(32)33-5)30-19-9-7-18(8-10-19)24(28)29/h7-10,13-14,22,30H,2,4,6,11-12H2,1,3,5H3,(H3,28,29). The molecule has 0 saturated heterocycles. The second-order valence-electron chi connectivity index (χ2n) is 7.68. The van der Waals surface area contributed by atoms with Crippen LogP contribution in [0.25, 0.3) is 5.03 Å². The Hall–Kier alpha value is -3.78. The van der Waals surface area contributed by atoms with Gasteiger partial charge in [-0.3, -0.25) is 5.41 Å². The van der Waals surface area contributed by atoms with E-state index in [2.05, 4.69) is 18.5 Å². The van der Waals surface area contributed by atoms with Crippen molar-refractivity contribution in [2.24, 2.45) is 5.73 Å². The van der Waals surface area contributed by atoms with Gasteiger partial charge in [0, 0.05) is 33.0 Å². The first-order chi connectivity index (χ1) is 16.6. The summed E-state index contributed by atoms with van der Waals surface area (Å²) in [5.41, 5.74) is 8.85. The van der Waals surface area contributed by atoms with Crippen LogP contribution in [0.2, 0.25) is 0 Å². The van der Waals surface area contributed by atoms with Gasteiger partial charge in [0.05, 0.1) is 7.11 Å². The number of halogens is 1. The molecule has 0 aromatic heterocycles. The Morgan fingerprint density at radius 3 is 2.34 bits per heavy atom. The van der Waals surface area contributed by atoms with E-state index in [1.807, 2.05) is 19.1 Å². The molecule has 0 saturated carbocycles. The molecule has 1 unspecified atom stereocenters. The summed E-state index contributed by atoms with van der Waals surface area (Å²) in [5.74, 6) is -0.833. The van der Waals surface area contributed by atoms with Crippen LogP contribution in [-0.2, 0) is 25.5 Å². The van der Waals surface area contributed by atoms with Crippen molar-refractivity contribution in [3.63, 3.8) is 0 Å². The van der Waals surface area contributed by atoms with E-state index in [0.29, 0.717) is 34.5 Å². The molecule has 0 bridgehead atoms. The normalized spacial score (nSPS) is 11.2. The Kier molecular flexibility index (Phi) is 9.90. The number of benzene rings is 2. The van der Waals surface area contributed by atoms with Crippen molar-refractivity contribution >= 4 is 40.1 Å². The van der Waals surface area contributed by atoms with Crippen LogP contribution < -0.4 is 15.8 Å². The molecule has 2 aromatic carbocycles. The summed E-state index contributed by atoms with van der Waals surface area (Å²) in [5, 5.41) is 10.9. The van der Waals surface area contributed by atoms with Crippen molar-refractivity contribution in [2.45, 2.75) is 26.3 Å². The molecule has 35 heavy (non-hydrogen) atoms. The molecule has 0 aliphatic heterocycles. The van der Waals surface area contributed by atoms with E-state index in [9.17, 15) is 9.59 Å². The Bertz CT molecular complexity index is 1130. The number of methoxy groups -OCH3 is 1. The molecule has 2 rings (SSSR count). The lowest BCUT2D eigenvalue weighted by molar-refractivity contribution is -0.141. The lowest BCUT2D eigenvalue weighted by Crippen LogP contribution is -2.24. The number of amidine groups is 1. The predicted molar refractivity (Wildman–Crippen MR) is 138 cm³/mol. The molecule has 1 atom stereocenters. The second-order valence-corrected chi connectivity index (χ2v) is 8.13. The molecule has 0 amide bonds. The Morgan fingerprint density at radius 2 is 1.83 bits per heavy atom. The lowest BCUT2D eigenvalue weighted by Gasteiger charge is -2.24. The average Bonchev–Trinajstić information content (AvgIpc) is 2.84. The molecule has 9 heteroatoms. The molecular formula is C26H30ClN3O5. The molecule has 8 nitrogen and oxygen atoms in total. The number of nitrogens with two attached hydrogens (primary N) is 1. The van der Waals surface area contributed by atoms with Crippen molar-refractivity contribution in [1.82, 2.24) is 0 Å². The molecule has 0 spiro atoms. The maximum atomic E-state index is 12.9. The number of nitrogen functional groups attached to an aromatic ring is 1. The van der Waals surface area contributed by atoms with Gasteiger partial charge in [-0.2, -0.15) is 0 Å². The van der Waals surface area contributed by atoms with Crippen molar-refractivity contribution in [3.8, 4) is 5.75 Å². The van der Waals surface area contributed by atoms with Crippen molar-refractivity contribution in [3.05, 3.63) is 77.4 Å². The first kappa shape index (κ1) is 27.5. The molecular weight excluding hydrogens is 470 g/mol. The number of hydrogen-bond acceptors (Lipinski definition) is 7. The molecule has 186 valence electrons. The fourth-order valence-electron chi connectivity index (χ4n) is 3.19. The zero-order valence-electron chi connectivity index (χ0n) is 20.1. The number of ether oxygens (including phenoxy) is 3. The quantitative estimate of drug-likeness (QED) is 0.128. The summed E-state index contributed by atoms with van der Waals surface area (Å²) in [4.78, 5) is 24.6. The van der Waals surface area contributed by atoms with Gasteiger partial charge in [0.25, 0.3) is 0 Å². The Morgan fingerprint density at radius 1 is 1.17 bits per heavy atom. The first-order valence-corrected chi connectivity index (χ1v) is 11.2. The number of anilines is 1. The van der Waals surface area contributed by atoms with Gasteiger partial charge in [0.2, 0.25) is 0 Å². The van der Waals surface area contributed by atoms with Crippen molar-refractivity contribution < 1.29 is 23.8 Å². The lowest BCUT2D eigenvalue weighted by atomic mass is 9.96. The van der Waals surface area contributed by atoms with Crippen molar-refractivity contribution in [2.75, 3.05) is 25.6 Å². The van der Waals surface area contributed by atoms with Crippen molar-refractivity contribution in [1.29, 1.82) is 5.41 Å². The Labute approximate surface area is 210 Å². The minimum Gasteiger partial charge on any atom is -0.489 e. The van der Waals surface area contributed by atoms with E-state index in [4.69, 9.17) is 37.0 Å². The fraction of sp³-hybridized carbons (Fsp3) is 0.269. The summed E-state index contributed by atoms with van der Waals surface area (Å²) in [6.45, 7) is 10.9. The first-order valence-electron chi connectivity index (χ1n) is 10.8. The third-order valence-electron chi connectivity index (χ3n) is 5.04. The number of esters is 2. The fourth-order valence-corrected chi connectivity index (χ4v) is 3.33.